The number of hydrogen-bond donors (Lipinski definition) is 0. The summed E-state index contributed by atoms with van der Waals surface area (Å²) in [6.07, 6.45) is 2.11. The van der Waals surface area contributed by atoms with Gasteiger partial charge in [0, 0.05) is 6.42 Å². The molecule has 0 aliphatic carbocycles. The van der Waals surface area contributed by atoms with Crippen LogP contribution in [-0.2, 0) is 4.79 Å². The number of para-hydroxylation sites is 3. The van der Waals surface area contributed by atoms with E-state index in [9.17, 15) is 4.79 Å². The summed E-state index contributed by atoms with van der Waals surface area (Å²) in [6.45, 7) is 3.24. The summed E-state index contributed by atoms with van der Waals surface area (Å²) in [5.74, 6) is 1.76. The quantitative estimate of drug-likeness (QED) is 0.752. The van der Waals surface area contributed by atoms with Gasteiger partial charge in [0.1, 0.15) is 17.6 Å². The van der Waals surface area contributed by atoms with Crippen LogP contribution >= 0.6 is 0 Å². The summed E-state index contributed by atoms with van der Waals surface area (Å²) in [6, 6.07) is 17.4. The van der Waals surface area contributed by atoms with Crippen molar-refractivity contribution in [1.29, 1.82) is 0 Å². The lowest BCUT2D eigenvalue weighted by Crippen LogP contribution is -2.43. The predicted octanol–water partition coefficient (Wildman–Crippen LogP) is 4.05. The Morgan fingerprint density at radius 3 is 2.71 bits per heavy atom. The maximum absolute atomic E-state index is 12.6. The van der Waals surface area contributed by atoms with Crippen molar-refractivity contribution >= 4 is 11.6 Å². The van der Waals surface area contributed by atoms with Gasteiger partial charge in [-0.15, -0.1) is 0 Å². The summed E-state index contributed by atoms with van der Waals surface area (Å²) >= 11 is 0. The van der Waals surface area contributed by atoms with Gasteiger partial charge in [0.15, 0.2) is 0 Å². The van der Waals surface area contributed by atoms with Crippen LogP contribution in [0.1, 0.15) is 26.2 Å². The third-order valence-electron chi connectivity index (χ3n) is 4.14. The largest absolute Gasteiger partial charge is 0.494 e. The monoisotopic (exact) mass is 325 g/mol. The lowest BCUT2D eigenvalue weighted by atomic mass is 10.1. The van der Waals surface area contributed by atoms with Crippen LogP contribution in [0.5, 0.6) is 11.5 Å². The Morgan fingerprint density at radius 2 is 1.92 bits per heavy atom. The predicted molar refractivity (Wildman–Crippen MR) is 94.7 cm³/mol. The molecule has 0 aromatic heterocycles. The fourth-order valence-corrected chi connectivity index (χ4v) is 2.81. The van der Waals surface area contributed by atoms with Gasteiger partial charge in [-0.1, -0.05) is 37.3 Å². The minimum Gasteiger partial charge on any atom is -0.494 e. The molecule has 1 aliphatic heterocycles. The second-order valence-corrected chi connectivity index (χ2v) is 5.89. The molecule has 2 aromatic rings. The van der Waals surface area contributed by atoms with E-state index in [2.05, 4.69) is 6.92 Å². The first-order valence-corrected chi connectivity index (χ1v) is 8.52. The molecule has 0 bridgehead atoms. The minimum atomic E-state index is 0.0596. The molecule has 0 radical (unpaired) electrons. The van der Waals surface area contributed by atoms with Crippen LogP contribution in [0.2, 0.25) is 0 Å². The molecule has 2 aromatic carbocycles. The number of carbonyl (C=O) groups excluding carboxylic acids is 1. The standard InChI is InChI=1S/C20H23NO3/c1-2-16-15-21(18-11-6-7-12-19(18)24-16)20(22)13-8-14-23-17-9-4-3-5-10-17/h3-7,9-12,16H,2,8,13-15H2,1H3. The van der Waals surface area contributed by atoms with Crippen LogP contribution in [0.4, 0.5) is 5.69 Å². The minimum absolute atomic E-state index is 0.0596. The Morgan fingerprint density at radius 1 is 1.17 bits per heavy atom. The number of ether oxygens (including phenoxy) is 2. The number of anilines is 1. The second-order valence-electron chi connectivity index (χ2n) is 5.89. The zero-order valence-electron chi connectivity index (χ0n) is 14.0. The topological polar surface area (TPSA) is 38.8 Å². The average molecular weight is 325 g/mol. The molecule has 3 rings (SSSR count). The molecule has 4 heteroatoms. The lowest BCUT2D eigenvalue weighted by molar-refractivity contribution is -0.119. The van der Waals surface area contributed by atoms with Gasteiger partial charge >= 0.3 is 0 Å². The van der Waals surface area contributed by atoms with Crippen molar-refractivity contribution in [3.8, 4) is 11.5 Å². The number of carbonyl (C=O) groups is 1. The van der Waals surface area contributed by atoms with Gasteiger partial charge < -0.3 is 14.4 Å². The van der Waals surface area contributed by atoms with Crippen LogP contribution in [-0.4, -0.2) is 25.2 Å². The zero-order valence-corrected chi connectivity index (χ0v) is 14.0. The zero-order chi connectivity index (χ0) is 16.8. The first kappa shape index (κ1) is 16.4. The molecule has 0 saturated heterocycles. The third kappa shape index (κ3) is 3.88. The fraction of sp³-hybridized carbons (Fsp3) is 0.350. The van der Waals surface area contributed by atoms with Crippen molar-refractivity contribution in [2.45, 2.75) is 32.3 Å². The molecule has 1 atom stereocenters. The van der Waals surface area contributed by atoms with Gasteiger partial charge in [-0.25, -0.2) is 0 Å². The van der Waals surface area contributed by atoms with Crippen LogP contribution in [0, 0.1) is 0 Å². The lowest BCUT2D eigenvalue weighted by Gasteiger charge is -2.34. The van der Waals surface area contributed by atoms with Crippen LogP contribution in [0.25, 0.3) is 0 Å². The van der Waals surface area contributed by atoms with E-state index in [1.165, 1.54) is 0 Å². The molecule has 0 saturated carbocycles. The third-order valence-corrected chi connectivity index (χ3v) is 4.14. The molecule has 0 fully saturated rings. The molecule has 1 amide bonds. The highest BCUT2D eigenvalue weighted by molar-refractivity contribution is 5.95. The van der Waals surface area contributed by atoms with Crippen molar-refractivity contribution in [2.24, 2.45) is 0 Å². The van der Waals surface area contributed by atoms with Crippen molar-refractivity contribution in [1.82, 2.24) is 0 Å². The Bertz CT molecular complexity index is 672. The Hall–Kier alpha value is -2.49. The number of nitrogens with zero attached hydrogens (tertiary/aromatic N) is 1. The first-order chi connectivity index (χ1) is 11.8. The normalized spacial score (nSPS) is 16.2. The van der Waals surface area contributed by atoms with Gasteiger partial charge in [-0.2, -0.15) is 0 Å². The van der Waals surface area contributed by atoms with Crippen LogP contribution in [0.3, 0.4) is 0 Å². The van der Waals surface area contributed by atoms with Crippen LogP contribution < -0.4 is 14.4 Å². The van der Waals surface area contributed by atoms with E-state index in [0.717, 1.165) is 23.6 Å². The van der Waals surface area contributed by atoms with Gasteiger partial charge in [0.05, 0.1) is 18.8 Å². The van der Waals surface area contributed by atoms with Gasteiger partial charge in [0.2, 0.25) is 5.91 Å². The highest BCUT2D eigenvalue weighted by atomic mass is 16.5. The van der Waals surface area contributed by atoms with Gasteiger partial charge in [0.25, 0.3) is 0 Å². The van der Waals surface area contributed by atoms with E-state index in [4.69, 9.17) is 9.47 Å². The van der Waals surface area contributed by atoms with E-state index in [1.807, 2.05) is 59.5 Å². The molecule has 24 heavy (non-hydrogen) atoms. The molecular formula is C20H23NO3. The molecule has 1 unspecified atom stereocenters. The summed E-state index contributed by atoms with van der Waals surface area (Å²) in [7, 11) is 0. The van der Waals surface area contributed by atoms with E-state index in [0.29, 0.717) is 26.0 Å². The summed E-state index contributed by atoms with van der Waals surface area (Å²) < 4.78 is 11.6. The molecule has 126 valence electrons. The maximum Gasteiger partial charge on any atom is 0.227 e. The SMILES string of the molecule is CCC1CN(C(=O)CCCOc2ccccc2)c2ccccc2O1. The molecule has 0 N–H and O–H groups in total. The summed E-state index contributed by atoms with van der Waals surface area (Å²) in [4.78, 5) is 14.5. The van der Waals surface area contributed by atoms with Crippen molar-refractivity contribution in [3.05, 3.63) is 54.6 Å². The smallest absolute Gasteiger partial charge is 0.227 e. The van der Waals surface area contributed by atoms with E-state index >= 15 is 0 Å². The molecule has 1 heterocycles. The number of fused-ring (bicyclic) bond motifs is 1. The molecular weight excluding hydrogens is 302 g/mol. The number of hydrogen-bond acceptors (Lipinski definition) is 3. The summed E-state index contributed by atoms with van der Waals surface area (Å²) in [5.41, 5.74) is 0.871. The van der Waals surface area contributed by atoms with E-state index in [1.54, 1.807) is 0 Å². The Balaban J connectivity index is 1.56. The first-order valence-electron chi connectivity index (χ1n) is 8.52. The maximum atomic E-state index is 12.6. The fourth-order valence-electron chi connectivity index (χ4n) is 2.81. The molecule has 0 spiro atoms. The van der Waals surface area contributed by atoms with Crippen molar-refractivity contribution in [2.75, 3.05) is 18.1 Å². The van der Waals surface area contributed by atoms with Crippen LogP contribution in [0.15, 0.2) is 54.6 Å². The Kier molecular flexibility index (Phi) is 5.36. The highest BCUT2D eigenvalue weighted by Gasteiger charge is 2.28. The molecule has 4 nitrogen and oxygen atoms in total. The summed E-state index contributed by atoms with van der Waals surface area (Å²) in [5, 5.41) is 0. The van der Waals surface area contributed by atoms with Gasteiger partial charge in [-0.3, -0.25) is 4.79 Å². The Labute approximate surface area is 143 Å². The van der Waals surface area contributed by atoms with E-state index < -0.39 is 0 Å². The molecule has 1 aliphatic rings. The second kappa shape index (κ2) is 7.86. The average Bonchev–Trinajstić information content (AvgIpc) is 2.65. The van der Waals surface area contributed by atoms with E-state index in [-0.39, 0.29) is 12.0 Å². The highest BCUT2D eigenvalue weighted by Crippen LogP contribution is 2.34. The van der Waals surface area contributed by atoms with Crippen molar-refractivity contribution < 1.29 is 14.3 Å². The number of rotatable bonds is 6. The van der Waals surface area contributed by atoms with Crippen molar-refractivity contribution in [3.63, 3.8) is 0 Å². The number of benzene rings is 2. The number of amides is 1. The van der Waals surface area contributed by atoms with Gasteiger partial charge in [-0.05, 0) is 37.1 Å².